The molecule has 0 aliphatic rings. The first-order valence-corrected chi connectivity index (χ1v) is 3.93. The lowest BCUT2D eigenvalue weighted by molar-refractivity contribution is 0.150. The monoisotopic (exact) mass is 250 g/mol. The molecule has 0 saturated carbocycles. The molecule has 0 unspecified atom stereocenters. The van der Waals surface area contributed by atoms with Crippen LogP contribution in [0.15, 0.2) is 0 Å². The van der Waals surface area contributed by atoms with E-state index < -0.39 is 39.5 Å². The largest absolute Gasteiger partial charge is 0.266 e. The molecule has 1 rings (SSSR count). The highest BCUT2D eigenvalue weighted by molar-refractivity contribution is 6.36. The van der Waals surface area contributed by atoms with Gasteiger partial charge in [0.2, 0.25) is 0 Å². The van der Waals surface area contributed by atoms with Crippen molar-refractivity contribution in [3.05, 3.63) is 33.1 Å². The molecule has 0 aromatic heterocycles. The van der Waals surface area contributed by atoms with Crippen molar-refractivity contribution in [2.75, 3.05) is 0 Å². The van der Waals surface area contributed by atoms with E-state index in [4.69, 9.17) is 23.2 Å². The Balaban J connectivity index is 3.60. The molecular weight excluding hydrogens is 250 g/mol. The van der Waals surface area contributed by atoms with Crippen molar-refractivity contribution in [3.8, 4) is 0 Å². The number of hydrogen-bond donors (Lipinski definition) is 0. The van der Waals surface area contributed by atoms with Crippen LogP contribution in [0.4, 0.5) is 22.0 Å². The van der Waals surface area contributed by atoms with Gasteiger partial charge in [0.1, 0.15) is 0 Å². The van der Waals surface area contributed by atoms with Gasteiger partial charge >= 0.3 is 0 Å². The Bertz CT molecular complexity index is 348. The van der Waals surface area contributed by atoms with E-state index in [1.807, 2.05) is 0 Å². The highest BCUT2D eigenvalue weighted by Crippen LogP contribution is 2.38. The number of alkyl halides is 2. The minimum atomic E-state index is -3.28. The number of benzene rings is 1. The third kappa shape index (κ3) is 1.66. The van der Waals surface area contributed by atoms with Crippen LogP contribution in [0.5, 0.6) is 0 Å². The van der Waals surface area contributed by atoms with Gasteiger partial charge in [-0.3, -0.25) is 0 Å². The summed E-state index contributed by atoms with van der Waals surface area (Å²) in [7, 11) is 0. The molecule has 0 nitrogen and oxygen atoms in total. The second-order valence-corrected chi connectivity index (χ2v) is 3.04. The zero-order valence-electron chi connectivity index (χ0n) is 6.22. The number of halogens is 7. The summed E-state index contributed by atoms with van der Waals surface area (Å²) in [5, 5.41) is -2.41. The maximum atomic E-state index is 12.7. The van der Waals surface area contributed by atoms with E-state index in [-0.39, 0.29) is 0 Å². The summed E-state index contributed by atoms with van der Waals surface area (Å²) in [6.45, 7) is 0. The van der Waals surface area contributed by atoms with Crippen molar-refractivity contribution in [1.29, 1.82) is 0 Å². The first-order valence-electron chi connectivity index (χ1n) is 3.17. The molecule has 7 heteroatoms. The maximum absolute atomic E-state index is 12.7. The fourth-order valence-corrected chi connectivity index (χ4v) is 1.38. The van der Waals surface area contributed by atoms with Crippen molar-refractivity contribution in [2.24, 2.45) is 0 Å². The van der Waals surface area contributed by atoms with E-state index in [2.05, 4.69) is 0 Å². The first-order chi connectivity index (χ1) is 6.37. The molecule has 0 radical (unpaired) electrons. The van der Waals surface area contributed by atoms with Crippen LogP contribution in [-0.4, -0.2) is 0 Å². The zero-order valence-corrected chi connectivity index (χ0v) is 7.73. The normalized spacial score (nSPS) is 11.1. The van der Waals surface area contributed by atoms with E-state index in [0.29, 0.717) is 0 Å². The lowest BCUT2D eigenvalue weighted by atomic mass is 10.2. The van der Waals surface area contributed by atoms with Crippen LogP contribution in [0.1, 0.15) is 12.0 Å². The third-order valence-electron chi connectivity index (χ3n) is 1.46. The van der Waals surface area contributed by atoms with Gasteiger partial charge in [-0.15, -0.1) is 0 Å². The van der Waals surface area contributed by atoms with E-state index >= 15 is 0 Å². The Morgan fingerprint density at radius 1 is 0.786 bits per heavy atom. The minimum Gasteiger partial charge on any atom is -0.205 e. The van der Waals surface area contributed by atoms with Crippen molar-refractivity contribution in [3.63, 3.8) is 0 Å². The second kappa shape index (κ2) is 3.90. The van der Waals surface area contributed by atoms with Crippen LogP contribution >= 0.6 is 23.2 Å². The highest BCUT2D eigenvalue weighted by Gasteiger charge is 2.27. The molecule has 0 N–H and O–H groups in total. The van der Waals surface area contributed by atoms with Crippen LogP contribution in [0, 0.1) is 17.5 Å². The summed E-state index contributed by atoms with van der Waals surface area (Å²) in [5.41, 5.74) is -1.25. The molecule has 14 heavy (non-hydrogen) atoms. The number of hydrogen-bond acceptors (Lipinski definition) is 0. The summed E-state index contributed by atoms with van der Waals surface area (Å²) >= 11 is 10.0. The molecular formula is C7HCl2F5. The SMILES string of the molecule is Fc1c(F)c(Cl)c(C(F)F)c(Cl)c1F. The third-order valence-corrected chi connectivity index (χ3v) is 2.20. The van der Waals surface area contributed by atoms with Crippen LogP contribution in [0.2, 0.25) is 10.0 Å². The quantitative estimate of drug-likeness (QED) is 0.395. The minimum absolute atomic E-state index is 1.20. The molecule has 1 aromatic rings. The van der Waals surface area contributed by atoms with Crippen molar-refractivity contribution >= 4 is 23.2 Å². The fraction of sp³-hybridized carbons (Fsp3) is 0.143. The van der Waals surface area contributed by atoms with Crippen LogP contribution in [0.25, 0.3) is 0 Å². The van der Waals surface area contributed by atoms with Gasteiger partial charge in [-0.1, -0.05) is 23.2 Å². The Labute approximate surface area is 85.2 Å². The summed E-state index contributed by atoms with van der Waals surface area (Å²) in [5.74, 6) is -5.71. The lowest BCUT2D eigenvalue weighted by Gasteiger charge is -2.08. The average Bonchev–Trinajstić information content (AvgIpc) is 2.11. The molecule has 1 aromatic carbocycles. The molecule has 0 aliphatic carbocycles. The predicted octanol–water partition coefficient (Wildman–Crippen LogP) is 4.35. The van der Waals surface area contributed by atoms with Crippen LogP contribution in [0.3, 0.4) is 0 Å². The van der Waals surface area contributed by atoms with Gasteiger partial charge in [0, 0.05) is 0 Å². The average molecular weight is 251 g/mol. The van der Waals surface area contributed by atoms with Gasteiger partial charge in [-0.05, 0) is 0 Å². The molecule has 0 aliphatic heterocycles. The molecule has 0 fully saturated rings. The highest BCUT2D eigenvalue weighted by atomic mass is 35.5. The smallest absolute Gasteiger partial charge is 0.205 e. The van der Waals surface area contributed by atoms with Crippen LogP contribution in [-0.2, 0) is 0 Å². The maximum Gasteiger partial charge on any atom is 0.266 e. The van der Waals surface area contributed by atoms with Gasteiger partial charge < -0.3 is 0 Å². The molecule has 0 saturated heterocycles. The van der Waals surface area contributed by atoms with Crippen molar-refractivity contribution in [1.82, 2.24) is 0 Å². The Kier molecular flexibility index (Phi) is 3.21. The van der Waals surface area contributed by atoms with Crippen molar-refractivity contribution < 1.29 is 22.0 Å². The Hall–Kier alpha value is -0.550. The van der Waals surface area contributed by atoms with E-state index in [1.54, 1.807) is 0 Å². The summed E-state index contributed by atoms with van der Waals surface area (Å²) in [6, 6.07) is 0. The summed E-state index contributed by atoms with van der Waals surface area (Å²) < 4.78 is 62.2. The number of rotatable bonds is 1. The summed E-state index contributed by atoms with van der Waals surface area (Å²) in [4.78, 5) is 0. The van der Waals surface area contributed by atoms with E-state index in [0.717, 1.165) is 0 Å². The molecule has 0 spiro atoms. The topological polar surface area (TPSA) is 0 Å². The lowest BCUT2D eigenvalue weighted by Crippen LogP contribution is -2.00. The fourth-order valence-electron chi connectivity index (χ4n) is 0.813. The van der Waals surface area contributed by atoms with Gasteiger partial charge in [-0.25, -0.2) is 22.0 Å². The zero-order chi connectivity index (χ0) is 11.0. The summed E-state index contributed by atoms with van der Waals surface area (Å²) in [6.07, 6.45) is -3.28. The van der Waals surface area contributed by atoms with Gasteiger partial charge in [0.05, 0.1) is 15.6 Å². The molecule has 0 bridgehead atoms. The van der Waals surface area contributed by atoms with Crippen molar-refractivity contribution in [2.45, 2.75) is 6.43 Å². The Morgan fingerprint density at radius 3 is 1.43 bits per heavy atom. The van der Waals surface area contributed by atoms with Gasteiger partial charge in [-0.2, -0.15) is 0 Å². The standard InChI is InChI=1S/C7HCl2F5/c8-2-1(7(13)14)3(9)5(11)6(12)4(2)10/h7H. The molecule has 0 atom stereocenters. The van der Waals surface area contributed by atoms with Crippen LogP contribution < -0.4 is 0 Å². The molecule has 0 amide bonds. The van der Waals surface area contributed by atoms with E-state index in [1.165, 1.54) is 0 Å². The molecule has 0 heterocycles. The van der Waals surface area contributed by atoms with Gasteiger partial charge in [0.15, 0.2) is 17.5 Å². The van der Waals surface area contributed by atoms with Gasteiger partial charge in [0.25, 0.3) is 6.43 Å². The van der Waals surface area contributed by atoms with E-state index in [9.17, 15) is 22.0 Å². The predicted molar refractivity (Wildman–Crippen MR) is 41.3 cm³/mol. The second-order valence-electron chi connectivity index (χ2n) is 2.28. The molecule has 78 valence electrons. The first kappa shape index (κ1) is 11.5. The Morgan fingerprint density at radius 2 is 1.14 bits per heavy atom.